The van der Waals surface area contributed by atoms with Crippen LogP contribution in [0.2, 0.25) is 0 Å². The first-order valence-electron chi connectivity index (χ1n) is 6.32. The number of hydrogen-bond acceptors (Lipinski definition) is 8. The van der Waals surface area contributed by atoms with Gasteiger partial charge in [0.25, 0.3) is 0 Å². The molecule has 0 fully saturated rings. The van der Waals surface area contributed by atoms with Gasteiger partial charge >= 0.3 is 0 Å². The zero-order valence-corrected chi connectivity index (χ0v) is 13.1. The van der Waals surface area contributed by atoms with E-state index in [4.69, 9.17) is 5.26 Å². The van der Waals surface area contributed by atoms with E-state index in [1.54, 1.807) is 12.1 Å². The molecule has 22 heavy (non-hydrogen) atoms. The Bertz CT molecular complexity index is 805. The monoisotopic (exact) mass is 326 g/mol. The molecular formula is C14H10N6S2. The minimum Gasteiger partial charge on any atom is -0.330 e. The number of aryl methyl sites for hydroxylation is 1. The minimum atomic E-state index is 0.295. The van der Waals surface area contributed by atoms with E-state index < -0.39 is 0 Å². The molecule has 0 aliphatic heterocycles. The Morgan fingerprint density at radius 2 is 1.86 bits per heavy atom. The van der Waals surface area contributed by atoms with Crippen molar-refractivity contribution in [1.82, 2.24) is 20.4 Å². The van der Waals surface area contributed by atoms with Gasteiger partial charge in [0, 0.05) is 5.69 Å². The van der Waals surface area contributed by atoms with Gasteiger partial charge in [0.2, 0.25) is 5.13 Å². The van der Waals surface area contributed by atoms with Crippen LogP contribution >= 0.6 is 23.1 Å². The van der Waals surface area contributed by atoms with Crippen molar-refractivity contribution >= 4 is 33.9 Å². The van der Waals surface area contributed by atoms with Gasteiger partial charge in [0.05, 0.1) is 0 Å². The Morgan fingerprint density at radius 1 is 1.05 bits per heavy atom. The van der Waals surface area contributed by atoms with Crippen LogP contribution in [-0.2, 0) is 0 Å². The molecule has 0 radical (unpaired) electrons. The molecule has 0 amide bonds. The van der Waals surface area contributed by atoms with Crippen LogP contribution in [0.3, 0.4) is 0 Å². The van der Waals surface area contributed by atoms with Crippen LogP contribution in [0.4, 0.5) is 10.8 Å². The van der Waals surface area contributed by atoms with Gasteiger partial charge in [-0.15, -0.1) is 20.4 Å². The Hall–Kier alpha value is -2.50. The van der Waals surface area contributed by atoms with Gasteiger partial charge in [0.15, 0.2) is 10.0 Å². The van der Waals surface area contributed by atoms with Crippen molar-refractivity contribution in [3.63, 3.8) is 0 Å². The number of anilines is 2. The highest BCUT2D eigenvalue weighted by Crippen LogP contribution is 2.31. The van der Waals surface area contributed by atoms with Gasteiger partial charge in [-0.05, 0) is 43.0 Å². The third-order valence-electron chi connectivity index (χ3n) is 2.66. The normalized spacial score (nSPS) is 10.2. The van der Waals surface area contributed by atoms with E-state index in [0.29, 0.717) is 15.9 Å². The van der Waals surface area contributed by atoms with Crippen LogP contribution < -0.4 is 5.32 Å². The lowest BCUT2D eigenvalue weighted by atomic mass is 10.2. The molecule has 0 unspecified atom stereocenters. The van der Waals surface area contributed by atoms with Crippen LogP contribution in [0.15, 0.2) is 45.8 Å². The number of nitrogens with zero attached hydrogens (tertiary/aromatic N) is 5. The second-order valence-electron chi connectivity index (χ2n) is 4.33. The van der Waals surface area contributed by atoms with E-state index in [-0.39, 0.29) is 0 Å². The molecule has 1 N–H and O–H groups in total. The van der Waals surface area contributed by atoms with E-state index in [2.05, 4.69) is 25.7 Å². The lowest BCUT2D eigenvalue weighted by Crippen LogP contribution is -1.88. The van der Waals surface area contributed by atoms with Crippen LogP contribution in [0, 0.1) is 18.3 Å². The van der Waals surface area contributed by atoms with E-state index >= 15 is 0 Å². The molecule has 0 saturated heterocycles. The summed E-state index contributed by atoms with van der Waals surface area (Å²) in [5, 5.41) is 29.2. The van der Waals surface area contributed by atoms with Gasteiger partial charge in [-0.3, -0.25) is 0 Å². The highest BCUT2D eigenvalue weighted by atomic mass is 32.2. The number of aromatic nitrogens is 4. The number of nitriles is 1. The van der Waals surface area contributed by atoms with Crippen molar-refractivity contribution in [2.45, 2.75) is 16.3 Å². The van der Waals surface area contributed by atoms with Crippen molar-refractivity contribution in [2.24, 2.45) is 0 Å². The lowest BCUT2D eigenvalue weighted by molar-refractivity contribution is 0.912. The molecule has 0 saturated carbocycles. The van der Waals surface area contributed by atoms with Gasteiger partial charge in [-0.2, -0.15) is 5.26 Å². The first-order valence-corrected chi connectivity index (χ1v) is 7.95. The molecule has 8 heteroatoms. The maximum atomic E-state index is 8.69. The predicted octanol–water partition coefficient (Wildman–Crippen LogP) is 3.40. The fourth-order valence-corrected chi connectivity index (χ4v) is 3.22. The van der Waals surface area contributed by atoms with E-state index in [1.165, 1.54) is 28.7 Å². The SMILES string of the molecule is Cc1ccc(Nc2nnc(Sc3ccc(C#N)nn3)s2)cc1. The quantitative estimate of drug-likeness (QED) is 0.786. The van der Waals surface area contributed by atoms with Crippen molar-refractivity contribution in [1.29, 1.82) is 5.26 Å². The number of hydrogen-bond donors (Lipinski definition) is 1. The van der Waals surface area contributed by atoms with E-state index in [0.717, 1.165) is 10.0 Å². The largest absolute Gasteiger partial charge is 0.330 e. The summed E-state index contributed by atoms with van der Waals surface area (Å²) in [5.74, 6) is 0. The lowest BCUT2D eigenvalue weighted by Gasteiger charge is -2.01. The third-order valence-corrected chi connectivity index (χ3v) is 4.47. The number of benzene rings is 1. The van der Waals surface area contributed by atoms with Gasteiger partial charge in [0.1, 0.15) is 11.1 Å². The van der Waals surface area contributed by atoms with Crippen molar-refractivity contribution in [2.75, 3.05) is 5.32 Å². The molecule has 2 heterocycles. The van der Waals surface area contributed by atoms with Crippen molar-refractivity contribution in [3.8, 4) is 6.07 Å². The van der Waals surface area contributed by atoms with Gasteiger partial charge in [-0.1, -0.05) is 29.0 Å². The second kappa shape index (κ2) is 6.51. The molecule has 3 aromatic rings. The first kappa shape index (κ1) is 14.4. The molecule has 2 aromatic heterocycles. The fourth-order valence-electron chi connectivity index (χ4n) is 1.59. The topological polar surface area (TPSA) is 87.4 Å². The Balaban J connectivity index is 1.68. The molecular weight excluding hydrogens is 316 g/mol. The molecule has 3 rings (SSSR count). The van der Waals surface area contributed by atoms with Gasteiger partial charge < -0.3 is 5.32 Å². The number of nitrogens with one attached hydrogen (secondary N) is 1. The molecule has 108 valence electrons. The Kier molecular flexibility index (Phi) is 4.27. The summed E-state index contributed by atoms with van der Waals surface area (Å²) in [6.07, 6.45) is 0. The second-order valence-corrected chi connectivity index (χ2v) is 6.58. The van der Waals surface area contributed by atoms with Crippen molar-refractivity contribution < 1.29 is 0 Å². The summed E-state index contributed by atoms with van der Waals surface area (Å²) in [6.45, 7) is 2.04. The highest BCUT2D eigenvalue weighted by Gasteiger charge is 2.08. The zero-order chi connectivity index (χ0) is 15.4. The smallest absolute Gasteiger partial charge is 0.210 e. The first-order chi connectivity index (χ1) is 10.7. The van der Waals surface area contributed by atoms with Crippen LogP contribution in [0.1, 0.15) is 11.3 Å². The van der Waals surface area contributed by atoms with E-state index in [9.17, 15) is 0 Å². The van der Waals surface area contributed by atoms with Crippen LogP contribution in [-0.4, -0.2) is 20.4 Å². The van der Waals surface area contributed by atoms with Crippen molar-refractivity contribution in [3.05, 3.63) is 47.7 Å². The summed E-state index contributed by atoms with van der Waals surface area (Å²) in [6, 6.07) is 13.4. The molecule has 1 aromatic carbocycles. The summed E-state index contributed by atoms with van der Waals surface area (Å²) in [4.78, 5) is 0. The summed E-state index contributed by atoms with van der Waals surface area (Å²) < 4.78 is 0.758. The molecule has 0 aliphatic carbocycles. The van der Waals surface area contributed by atoms with Gasteiger partial charge in [-0.25, -0.2) is 0 Å². The van der Waals surface area contributed by atoms with Crippen LogP contribution in [0.25, 0.3) is 0 Å². The molecule has 0 atom stereocenters. The van der Waals surface area contributed by atoms with Crippen LogP contribution in [0.5, 0.6) is 0 Å². The zero-order valence-electron chi connectivity index (χ0n) is 11.5. The highest BCUT2D eigenvalue weighted by molar-refractivity contribution is 8.01. The average molecular weight is 326 g/mol. The maximum Gasteiger partial charge on any atom is 0.210 e. The summed E-state index contributed by atoms with van der Waals surface area (Å²) in [5.41, 5.74) is 2.47. The molecule has 6 nitrogen and oxygen atoms in total. The fraction of sp³-hybridized carbons (Fsp3) is 0.0714. The van der Waals surface area contributed by atoms with E-state index in [1.807, 2.05) is 37.3 Å². The molecule has 0 aliphatic rings. The molecule has 0 spiro atoms. The standard InChI is InChI=1S/C14H10N6S2/c1-9-2-4-10(5-3-9)16-13-19-20-14(22-13)21-12-7-6-11(8-15)17-18-12/h2-7H,1H3,(H,16,19). The molecule has 0 bridgehead atoms. The predicted molar refractivity (Wildman–Crippen MR) is 85.2 cm³/mol. The number of rotatable bonds is 4. The minimum absolute atomic E-state index is 0.295. The summed E-state index contributed by atoms with van der Waals surface area (Å²) in [7, 11) is 0. The average Bonchev–Trinajstić information content (AvgIpc) is 2.97. The summed E-state index contributed by atoms with van der Waals surface area (Å²) >= 11 is 2.80. The Morgan fingerprint density at radius 3 is 2.55 bits per heavy atom. The third kappa shape index (κ3) is 3.58. The Labute approximate surface area is 135 Å². The maximum absolute atomic E-state index is 8.69.